The molecule has 2 atom stereocenters. The first-order valence-electron chi connectivity index (χ1n) is 37.7. The number of thiol groups is 9. The molecule has 590 valence electrons. The summed E-state index contributed by atoms with van der Waals surface area (Å²) in [7, 11) is 0. The van der Waals surface area contributed by atoms with Crippen molar-refractivity contribution < 1.29 is 19.1 Å². The monoisotopic (exact) mass is 1630 g/mol. The van der Waals surface area contributed by atoms with Crippen LogP contribution in [0.1, 0.15) is 200 Å². The van der Waals surface area contributed by atoms with Crippen molar-refractivity contribution in [2.45, 2.75) is 248 Å². The third-order valence-corrected chi connectivity index (χ3v) is 22.3. The molecular formula is C96H128O4S9. The summed E-state index contributed by atoms with van der Waals surface area (Å²) in [4.78, 5) is 34.1. The summed E-state index contributed by atoms with van der Waals surface area (Å²) in [6.45, 7) is 47.0. The van der Waals surface area contributed by atoms with E-state index in [1.807, 2.05) is 91.9 Å². The third-order valence-electron chi connectivity index (χ3n) is 18.5. The SMILES string of the molecule is CCCCC(CC)COC(=O)c1cc(S)cc(C(=O)OCC(CC)CCCC)c1.Cc1cc(C)c(C)c(S)c1.Cc1cc(C)c(S)cc1C.Cc1ccc(C)c(S)c1C.Cc1ccc(S)cc1.Cc1ccc(S)cc1C.Cc1cccc(S)c1.Cc1cccc(S)c1C.Cc1ccccc1C.Cc1ccccc1S. The van der Waals surface area contributed by atoms with Crippen LogP contribution in [-0.2, 0) is 9.47 Å². The lowest BCUT2D eigenvalue weighted by Gasteiger charge is -2.16. The number of esters is 2. The summed E-state index contributed by atoms with van der Waals surface area (Å²) in [6.07, 6.45) is 8.61. The second-order valence-electron chi connectivity index (χ2n) is 28.0. The number of unbranched alkanes of at least 4 members (excludes halogenated alkanes) is 2. The lowest BCUT2D eigenvalue weighted by atomic mass is 10.0. The zero-order valence-electron chi connectivity index (χ0n) is 69.3. The van der Waals surface area contributed by atoms with Crippen molar-refractivity contribution in [2.75, 3.05) is 13.2 Å². The second kappa shape index (κ2) is 56.5. The highest BCUT2D eigenvalue weighted by Gasteiger charge is 2.18. The maximum absolute atomic E-state index is 12.5. The van der Waals surface area contributed by atoms with Crippen LogP contribution in [0.2, 0.25) is 0 Å². The maximum atomic E-state index is 12.5. The zero-order valence-corrected chi connectivity index (χ0v) is 77.3. The second-order valence-corrected chi connectivity index (χ2v) is 32.4. The van der Waals surface area contributed by atoms with Gasteiger partial charge in [0.1, 0.15) is 0 Å². The van der Waals surface area contributed by atoms with E-state index in [0.29, 0.717) is 41.1 Å². The number of benzene rings is 10. The molecule has 10 rings (SSSR count). The molecule has 0 saturated heterocycles. The van der Waals surface area contributed by atoms with Crippen molar-refractivity contribution in [3.63, 3.8) is 0 Å². The molecule has 0 spiro atoms. The largest absolute Gasteiger partial charge is 0.462 e. The van der Waals surface area contributed by atoms with Crippen molar-refractivity contribution >= 4 is 126 Å². The van der Waals surface area contributed by atoms with Crippen molar-refractivity contribution in [1.29, 1.82) is 0 Å². The van der Waals surface area contributed by atoms with Crippen LogP contribution in [0.15, 0.2) is 232 Å². The quantitative estimate of drug-likeness (QED) is 0.0402. The summed E-state index contributed by atoms with van der Waals surface area (Å²) in [6, 6.07) is 62.3. The Labute approximate surface area is 710 Å². The van der Waals surface area contributed by atoms with Gasteiger partial charge in [0.25, 0.3) is 0 Å². The van der Waals surface area contributed by atoms with E-state index in [2.05, 4.69) is 344 Å². The molecule has 0 amide bonds. The Hall–Kier alpha value is -5.71. The van der Waals surface area contributed by atoms with Gasteiger partial charge in [-0.15, -0.1) is 114 Å². The molecule has 0 fully saturated rings. The lowest BCUT2D eigenvalue weighted by molar-refractivity contribution is 0.0425. The summed E-state index contributed by atoms with van der Waals surface area (Å²) in [5, 5.41) is 0. The molecule has 0 aliphatic rings. The van der Waals surface area contributed by atoms with Crippen molar-refractivity contribution in [1.82, 2.24) is 0 Å². The highest BCUT2D eigenvalue weighted by molar-refractivity contribution is 7.81. The van der Waals surface area contributed by atoms with E-state index in [1.165, 1.54) is 100 Å². The first kappa shape index (κ1) is 101. The van der Waals surface area contributed by atoms with Crippen LogP contribution in [-0.4, -0.2) is 25.2 Å². The summed E-state index contributed by atoms with van der Waals surface area (Å²) < 4.78 is 11.0. The number of aryl methyl sites for hydroxylation is 15. The molecule has 109 heavy (non-hydrogen) atoms. The first-order valence-corrected chi connectivity index (χ1v) is 41.7. The molecule has 0 aliphatic heterocycles. The minimum absolute atomic E-state index is 0.341. The van der Waals surface area contributed by atoms with E-state index in [0.717, 1.165) is 90.5 Å². The number of carbonyl (C=O) groups excluding carboxylic acids is 2. The van der Waals surface area contributed by atoms with Gasteiger partial charge in [-0.2, -0.15) is 0 Å². The predicted molar refractivity (Wildman–Crippen MR) is 502 cm³/mol. The molecule has 10 aromatic carbocycles. The standard InChI is InChI=1S/C24H38O4S.3C9H12S.2C8H10S.C8H10.3C7H8S/c1-5-9-11-18(7-3)16-27-23(25)20-13-21(15-22(29)14-20)24(26)28-17-19(8-4)12-10-6-2;1-6-4-8(3)9(10)5-7(6)2;1-6-4-7(2)8(3)9(10)5-6;1-6-4-5-7(2)9(10)8(6)3;1-6-3-4-8(9)5-7(6)2;1-6-4-3-5-8(9)7(6)2;1-7-5-3-4-6-8(7)2;1-6-2-4-7(8)5-3-6;1-6-3-2-4-7(8)5-6;1-6-4-2-3-5-7(6)8/h13-15,18-19,29H,5-12,16-17H2,1-4H3;3*4-5,10H,1-3H3;2*3-5,9H,1-2H3;3-6H,1-2H3;3*2-5,8H,1H3. The number of hydrogen-bond acceptors (Lipinski definition) is 13. The van der Waals surface area contributed by atoms with E-state index in [9.17, 15) is 9.59 Å². The van der Waals surface area contributed by atoms with Crippen molar-refractivity contribution in [2.24, 2.45) is 11.8 Å². The fraction of sp³-hybridized carbons (Fsp3) is 0.354. The fourth-order valence-electron chi connectivity index (χ4n) is 9.96. The molecular weight excluding hydrogens is 1510 g/mol. The minimum atomic E-state index is -0.417. The van der Waals surface area contributed by atoms with Gasteiger partial charge < -0.3 is 9.47 Å². The number of carbonyl (C=O) groups is 2. The van der Waals surface area contributed by atoms with Crippen LogP contribution in [0.4, 0.5) is 0 Å². The molecule has 4 nitrogen and oxygen atoms in total. The maximum Gasteiger partial charge on any atom is 0.338 e. The summed E-state index contributed by atoms with van der Waals surface area (Å²) in [5.41, 5.74) is 24.1. The molecule has 0 aliphatic carbocycles. The highest BCUT2D eigenvalue weighted by atomic mass is 32.1. The summed E-state index contributed by atoms with van der Waals surface area (Å²) in [5.74, 6) is -0.0909. The normalized spacial score (nSPS) is 10.5. The van der Waals surface area contributed by atoms with E-state index in [-0.39, 0.29) is 0 Å². The van der Waals surface area contributed by atoms with Gasteiger partial charge in [0.2, 0.25) is 0 Å². The Morgan fingerprint density at radius 2 is 0.706 bits per heavy atom. The molecule has 0 N–H and O–H groups in total. The molecule has 0 bridgehead atoms. The van der Waals surface area contributed by atoms with Crippen LogP contribution in [0.5, 0.6) is 0 Å². The average Bonchev–Trinajstić information content (AvgIpc) is 0.852. The smallest absolute Gasteiger partial charge is 0.338 e. The minimum Gasteiger partial charge on any atom is -0.462 e. The number of rotatable bonds is 14. The van der Waals surface area contributed by atoms with Crippen LogP contribution in [0.3, 0.4) is 0 Å². The molecule has 13 heteroatoms. The highest BCUT2D eigenvalue weighted by Crippen LogP contribution is 2.24. The number of ether oxygens (including phenoxy) is 2. The predicted octanol–water partition coefficient (Wildman–Crippen LogP) is 29.8. The van der Waals surface area contributed by atoms with E-state index in [1.54, 1.807) is 18.2 Å². The van der Waals surface area contributed by atoms with E-state index in [4.69, 9.17) is 9.47 Å². The van der Waals surface area contributed by atoms with Crippen LogP contribution in [0, 0.1) is 136 Å². The van der Waals surface area contributed by atoms with Gasteiger partial charge >= 0.3 is 11.9 Å². The first-order chi connectivity index (χ1) is 51.4. The zero-order chi connectivity index (χ0) is 82.5. The van der Waals surface area contributed by atoms with Crippen LogP contribution >= 0.6 is 114 Å². The Kier molecular flexibility index (Phi) is 52.5. The lowest BCUT2D eigenvalue weighted by Crippen LogP contribution is -2.16. The van der Waals surface area contributed by atoms with Gasteiger partial charge in [0, 0.05) is 44.1 Å². The Morgan fingerprint density at radius 1 is 0.284 bits per heavy atom. The number of hydrogen-bond donors (Lipinski definition) is 9. The molecule has 0 aromatic heterocycles. The Balaban J connectivity index is 0.000000633. The summed E-state index contributed by atoms with van der Waals surface area (Å²) >= 11 is 38.3. The molecule has 10 aromatic rings. The van der Waals surface area contributed by atoms with Crippen molar-refractivity contribution in [3.05, 3.63) is 299 Å². The van der Waals surface area contributed by atoms with Gasteiger partial charge in [0.05, 0.1) is 24.3 Å². The van der Waals surface area contributed by atoms with E-state index >= 15 is 0 Å². The van der Waals surface area contributed by atoms with Gasteiger partial charge in [-0.25, -0.2) is 9.59 Å². The van der Waals surface area contributed by atoms with Crippen molar-refractivity contribution in [3.8, 4) is 0 Å². The third kappa shape index (κ3) is 43.2. The van der Waals surface area contributed by atoms with Gasteiger partial charge in [-0.05, 0) is 317 Å². The molecule has 0 saturated carbocycles. The molecule has 2 unspecified atom stereocenters. The fourth-order valence-corrected chi connectivity index (χ4v) is 12.3. The van der Waals surface area contributed by atoms with Gasteiger partial charge in [0.15, 0.2) is 0 Å². The van der Waals surface area contributed by atoms with Crippen LogP contribution in [0.25, 0.3) is 0 Å². The Bertz CT molecular complexity index is 4020. The molecule has 0 radical (unpaired) electrons. The average molecular weight is 1630 g/mol. The topological polar surface area (TPSA) is 52.6 Å². The Morgan fingerprint density at radius 3 is 1.10 bits per heavy atom. The van der Waals surface area contributed by atoms with Gasteiger partial charge in [-0.1, -0.05) is 187 Å². The van der Waals surface area contributed by atoms with E-state index < -0.39 is 11.9 Å². The molecule has 0 heterocycles. The van der Waals surface area contributed by atoms with Crippen LogP contribution < -0.4 is 0 Å². The van der Waals surface area contributed by atoms with Gasteiger partial charge in [-0.3, -0.25) is 0 Å².